The van der Waals surface area contributed by atoms with Gasteiger partial charge in [-0.15, -0.1) is 0 Å². The summed E-state index contributed by atoms with van der Waals surface area (Å²) in [5, 5.41) is 3.78. The summed E-state index contributed by atoms with van der Waals surface area (Å²) in [4.78, 5) is 23.4. The lowest BCUT2D eigenvalue weighted by atomic mass is 9.83. The largest absolute Gasteiger partial charge is 0.482 e. The van der Waals surface area contributed by atoms with Crippen LogP contribution < -0.4 is 15.9 Å². The van der Waals surface area contributed by atoms with Crippen molar-refractivity contribution in [3.05, 3.63) is 23.8 Å². The number of amides is 2. The summed E-state index contributed by atoms with van der Waals surface area (Å²) >= 11 is 0. The van der Waals surface area contributed by atoms with E-state index in [-0.39, 0.29) is 18.4 Å². The minimum absolute atomic E-state index is 0.0141. The van der Waals surface area contributed by atoms with Crippen LogP contribution in [0.4, 0.5) is 5.69 Å². The first-order valence-corrected chi connectivity index (χ1v) is 5.92. The molecular formula is C13H17N3O3. The smallest absolute Gasteiger partial charge is 0.262 e. The van der Waals surface area contributed by atoms with E-state index in [1.165, 1.54) is 7.05 Å². The van der Waals surface area contributed by atoms with E-state index in [1.807, 2.05) is 0 Å². The second kappa shape index (κ2) is 4.55. The van der Waals surface area contributed by atoms with E-state index < -0.39 is 5.41 Å². The van der Waals surface area contributed by atoms with Gasteiger partial charge in [0.25, 0.3) is 5.91 Å². The van der Waals surface area contributed by atoms with E-state index in [4.69, 9.17) is 10.6 Å². The van der Waals surface area contributed by atoms with Gasteiger partial charge in [-0.2, -0.15) is 0 Å². The van der Waals surface area contributed by atoms with Crippen LogP contribution >= 0.6 is 0 Å². The molecule has 1 aliphatic heterocycles. The number of anilines is 1. The normalized spacial score (nSPS) is 14.2. The Balaban J connectivity index is 2.39. The molecule has 0 atom stereocenters. The number of ether oxygens (including phenoxy) is 1. The number of rotatable bonds is 2. The second-order valence-electron chi connectivity index (χ2n) is 5.09. The quantitative estimate of drug-likeness (QED) is 0.465. The van der Waals surface area contributed by atoms with Gasteiger partial charge in [-0.1, -0.05) is 6.07 Å². The molecule has 1 heterocycles. The lowest BCUT2D eigenvalue weighted by Crippen LogP contribution is -2.45. The molecule has 0 spiro atoms. The van der Waals surface area contributed by atoms with E-state index in [9.17, 15) is 9.59 Å². The maximum Gasteiger partial charge on any atom is 0.262 e. The molecule has 0 saturated carbocycles. The maximum absolute atomic E-state index is 12.1. The Morgan fingerprint density at radius 2 is 2.16 bits per heavy atom. The summed E-state index contributed by atoms with van der Waals surface area (Å²) < 4.78 is 5.28. The third kappa shape index (κ3) is 2.39. The average Bonchev–Trinajstić information content (AvgIpc) is 2.36. The predicted octanol–water partition coefficient (Wildman–Crippen LogP) is 0.627. The number of carbonyl (C=O) groups excluding carboxylic acids is 2. The molecule has 6 heteroatoms. The fraction of sp³-hybridized carbons (Fsp3) is 0.385. The molecule has 1 aliphatic rings. The van der Waals surface area contributed by atoms with E-state index in [0.29, 0.717) is 11.4 Å². The highest BCUT2D eigenvalue weighted by Gasteiger charge is 2.32. The van der Waals surface area contributed by atoms with Crippen molar-refractivity contribution in [2.24, 2.45) is 5.84 Å². The molecule has 6 nitrogen and oxygen atoms in total. The highest BCUT2D eigenvalue weighted by atomic mass is 16.5. The van der Waals surface area contributed by atoms with Crippen LogP contribution in [-0.2, 0) is 15.0 Å². The standard InChI is InChI=1S/C13H17N3O3/c1-13(2,12(18)16(3)14)8-4-5-10-9(6-8)15-11(17)7-19-10/h4-6H,7,14H2,1-3H3,(H,15,17). The van der Waals surface area contributed by atoms with Crippen molar-refractivity contribution in [2.45, 2.75) is 19.3 Å². The number of benzene rings is 1. The van der Waals surface area contributed by atoms with Gasteiger partial charge in [0.2, 0.25) is 5.91 Å². The summed E-state index contributed by atoms with van der Waals surface area (Å²) in [7, 11) is 1.51. The summed E-state index contributed by atoms with van der Waals surface area (Å²) in [6.07, 6.45) is 0. The zero-order valence-electron chi connectivity index (χ0n) is 11.2. The maximum atomic E-state index is 12.1. The van der Waals surface area contributed by atoms with Gasteiger partial charge >= 0.3 is 0 Å². The second-order valence-corrected chi connectivity index (χ2v) is 5.09. The first-order valence-electron chi connectivity index (χ1n) is 5.92. The molecular weight excluding hydrogens is 246 g/mol. The third-order valence-electron chi connectivity index (χ3n) is 3.19. The topological polar surface area (TPSA) is 84.7 Å². The minimum atomic E-state index is -0.777. The number of likely N-dealkylation sites (N-methyl/N-ethyl adjacent to an activating group) is 1. The first-order chi connectivity index (χ1) is 8.82. The van der Waals surface area contributed by atoms with Crippen molar-refractivity contribution in [1.82, 2.24) is 5.01 Å². The van der Waals surface area contributed by atoms with Gasteiger partial charge in [0.05, 0.1) is 11.1 Å². The van der Waals surface area contributed by atoms with Gasteiger partial charge in [0.15, 0.2) is 6.61 Å². The molecule has 0 aromatic heterocycles. The molecule has 3 N–H and O–H groups in total. The number of hydrogen-bond donors (Lipinski definition) is 2. The average molecular weight is 263 g/mol. The van der Waals surface area contributed by atoms with Crippen molar-refractivity contribution < 1.29 is 14.3 Å². The molecule has 1 aromatic rings. The van der Waals surface area contributed by atoms with Crippen LogP contribution in [0.3, 0.4) is 0 Å². The lowest BCUT2D eigenvalue weighted by Gasteiger charge is -2.28. The van der Waals surface area contributed by atoms with E-state index in [1.54, 1.807) is 32.0 Å². The molecule has 0 radical (unpaired) electrons. The lowest BCUT2D eigenvalue weighted by molar-refractivity contribution is -0.135. The number of hydrazine groups is 1. The zero-order chi connectivity index (χ0) is 14.2. The Morgan fingerprint density at radius 3 is 2.79 bits per heavy atom. The summed E-state index contributed by atoms with van der Waals surface area (Å²) in [6.45, 7) is 3.58. The van der Waals surface area contributed by atoms with Gasteiger partial charge < -0.3 is 10.1 Å². The Kier molecular flexibility index (Phi) is 3.20. The fourth-order valence-electron chi connectivity index (χ4n) is 2.04. The Hall–Kier alpha value is -2.08. The first kappa shape index (κ1) is 13.4. The molecule has 1 aromatic carbocycles. The minimum Gasteiger partial charge on any atom is -0.482 e. The van der Waals surface area contributed by atoms with Crippen LogP contribution in [-0.4, -0.2) is 30.5 Å². The fourth-order valence-corrected chi connectivity index (χ4v) is 2.04. The van der Waals surface area contributed by atoms with Crippen molar-refractivity contribution in [3.8, 4) is 5.75 Å². The van der Waals surface area contributed by atoms with Gasteiger partial charge in [-0.05, 0) is 31.5 Å². The van der Waals surface area contributed by atoms with Crippen molar-refractivity contribution in [1.29, 1.82) is 0 Å². The SMILES string of the molecule is CN(N)C(=O)C(C)(C)c1ccc2c(c1)NC(=O)CO2. The summed E-state index contributed by atoms with van der Waals surface area (Å²) in [5.41, 5.74) is 0.564. The molecule has 19 heavy (non-hydrogen) atoms. The molecule has 2 rings (SSSR count). The van der Waals surface area contributed by atoms with Crippen LogP contribution in [0.5, 0.6) is 5.75 Å². The highest BCUT2D eigenvalue weighted by Crippen LogP contribution is 2.34. The van der Waals surface area contributed by atoms with Crippen LogP contribution in [0.25, 0.3) is 0 Å². The van der Waals surface area contributed by atoms with Gasteiger partial charge in [-0.25, -0.2) is 5.84 Å². The number of fused-ring (bicyclic) bond motifs is 1. The van der Waals surface area contributed by atoms with Crippen LogP contribution in [0.15, 0.2) is 18.2 Å². The molecule has 0 unspecified atom stereocenters. The number of nitrogens with zero attached hydrogens (tertiary/aromatic N) is 1. The van der Waals surface area contributed by atoms with Crippen LogP contribution in [0.2, 0.25) is 0 Å². The predicted molar refractivity (Wildman–Crippen MR) is 70.6 cm³/mol. The monoisotopic (exact) mass is 263 g/mol. The molecule has 0 aliphatic carbocycles. The molecule has 2 amide bonds. The van der Waals surface area contributed by atoms with Crippen LogP contribution in [0.1, 0.15) is 19.4 Å². The van der Waals surface area contributed by atoms with E-state index in [2.05, 4.69) is 5.32 Å². The molecule has 0 fully saturated rings. The Morgan fingerprint density at radius 1 is 1.47 bits per heavy atom. The number of hydrogen-bond acceptors (Lipinski definition) is 4. The highest BCUT2D eigenvalue weighted by molar-refractivity contribution is 5.96. The van der Waals surface area contributed by atoms with Gasteiger partial charge in [0, 0.05) is 7.05 Å². The van der Waals surface area contributed by atoms with Crippen molar-refractivity contribution >= 4 is 17.5 Å². The number of nitrogens with one attached hydrogen (secondary N) is 1. The van der Waals surface area contributed by atoms with Crippen LogP contribution in [0, 0.1) is 0 Å². The van der Waals surface area contributed by atoms with Crippen molar-refractivity contribution in [2.75, 3.05) is 19.0 Å². The molecule has 0 saturated heterocycles. The van der Waals surface area contributed by atoms with Crippen molar-refractivity contribution in [3.63, 3.8) is 0 Å². The summed E-state index contributed by atoms with van der Waals surface area (Å²) in [6, 6.07) is 5.29. The molecule has 102 valence electrons. The summed E-state index contributed by atoms with van der Waals surface area (Å²) in [5.74, 6) is 5.70. The Bertz CT molecular complexity index is 538. The third-order valence-corrected chi connectivity index (χ3v) is 3.19. The number of nitrogens with two attached hydrogens (primary N) is 1. The number of carbonyl (C=O) groups is 2. The Labute approximate surface area is 111 Å². The molecule has 0 bridgehead atoms. The van der Waals surface area contributed by atoms with Gasteiger partial charge in [0.1, 0.15) is 5.75 Å². The zero-order valence-corrected chi connectivity index (χ0v) is 11.2. The van der Waals surface area contributed by atoms with E-state index in [0.717, 1.165) is 10.6 Å². The van der Waals surface area contributed by atoms with Gasteiger partial charge in [-0.3, -0.25) is 14.6 Å². The van der Waals surface area contributed by atoms with E-state index >= 15 is 0 Å².